The lowest BCUT2D eigenvalue weighted by Gasteiger charge is -2.51. The fourth-order valence-corrected chi connectivity index (χ4v) is 13.9. The Morgan fingerprint density at radius 1 is 1.02 bits per heavy atom. The molecule has 1 spiro atoms. The minimum absolute atomic E-state index is 0.302. The van der Waals surface area contributed by atoms with E-state index in [4.69, 9.17) is 23.5 Å². The van der Waals surface area contributed by atoms with Gasteiger partial charge in [-0.2, -0.15) is 0 Å². The molecule has 1 saturated carbocycles. The predicted molar refractivity (Wildman–Crippen MR) is 223 cm³/mol. The van der Waals surface area contributed by atoms with E-state index < -0.39 is 18.6 Å². The second-order valence-corrected chi connectivity index (χ2v) is 21.3. The van der Waals surface area contributed by atoms with E-state index in [1.807, 2.05) is 29.9 Å². The standard InChI is InChI=1S/C42H59N5S2/c1-9-10-39(48(5,6)37-16-11-34(12-17-37)29-43-4)41(3)21-23-42(24-22-41)25-27-47(32-42)49(7,8)38-18-13-35(14-19-38)30-45-33(2)36-15-20-40-44-26-28-46(40)31-36/h11-16,18-20,26,28,31,37,39,43,45H,2,5-10,17,21-25,27,29-30,32H2,1,3-4H3. The summed E-state index contributed by atoms with van der Waals surface area (Å²) in [5, 5.41) is 7.86. The normalized spacial score (nSPS) is 25.4. The number of fused-ring (bicyclic) bond motifs is 1. The van der Waals surface area contributed by atoms with Gasteiger partial charge in [0.2, 0.25) is 0 Å². The van der Waals surface area contributed by atoms with Crippen molar-refractivity contribution >= 4 is 53.4 Å². The van der Waals surface area contributed by atoms with Gasteiger partial charge in [0.05, 0.1) is 0 Å². The molecular weight excluding hydrogens is 639 g/mol. The quantitative estimate of drug-likeness (QED) is 0.176. The zero-order valence-electron chi connectivity index (χ0n) is 30.3. The van der Waals surface area contributed by atoms with E-state index in [1.54, 1.807) is 0 Å². The number of aromatic nitrogens is 2. The van der Waals surface area contributed by atoms with E-state index in [2.05, 4.69) is 95.1 Å². The van der Waals surface area contributed by atoms with Gasteiger partial charge >= 0.3 is 0 Å². The minimum atomic E-state index is -1.57. The van der Waals surface area contributed by atoms with Crippen LogP contribution in [0.4, 0.5) is 0 Å². The summed E-state index contributed by atoms with van der Waals surface area (Å²) < 4.78 is 4.66. The topological polar surface area (TPSA) is 44.6 Å². The molecule has 1 saturated heterocycles. The molecule has 2 fully saturated rings. The largest absolute Gasteiger partial charge is 0.381 e. The van der Waals surface area contributed by atoms with E-state index in [-0.39, 0.29) is 0 Å². The summed E-state index contributed by atoms with van der Waals surface area (Å²) in [6, 6.07) is 13.0. The van der Waals surface area contributed by atoms with Crippen molar-refractivity contribution in [1.82, 2.24) is 24.3 Å². The second-order valence-electron chi connectivity index (χ2n) is 15.4. The molecule has 0 bridgehead atoms. The van der Waals surface area contributed by atoms with Crippen molar-refractivity contribution in [2.75, 3.05) is 26.7 Å². The van der Waals surface area contributed by atoms with Crippen molar-refractivity contribution in [3.8, 4) is 0 Å². The van der Waals surface area contributed by atoms with Crippen LogP contribution in [0.3, 0.4) is 0 Å². The van der Waals surface area contributed by atoms with Gasteiger partial charge in [0.1, 0.15) is 5.65 Å². The summed E-state index contributed by atoms with van der Waals surface area (Å²) in [6.07, 6.45) is 23.0. The van der Waals surface area contributed by atoms with Crippen molar-refractivity contribution in [3.05, 3.63) is 96.5 Å². The Hall–Kier alpha value is -2.97. The number of imidazole rings is 1. The lowest BCUT2D eigenvalue weighted by Crippen LogP contribution is -2.42. The molecule has 0 amide bonds. The maximum atomic E-state index is 4.96. The summed E-state index contributed by atoms with van der Waals surface area (Å²) in [4.78, 5) is 5.59. The number of hydrogen-bond donors (Lipinski definition) is 2. The highest BCUT2D eigenvalue weighted by Crippen LogP contribution is 2.59. The summed E-state index contributed by atoms with van der Waals surface area (Å²) in [7, 11) is -0.857. The fraction of sp³-hybridized carbons (Fsp3) is 0.452. The van der Waals surface area contributed by atoms with E-state index in [1.165, 1.54) is 61.0 Å². The van der Waals surface area contributed by atoms with Crippen molar-refractivity contribution < 1.29 is 0 Å². The highest BCUT2D eigenvalue weighted by molar-refractivity contribution is 8.28. The highest BCUT2D eigenvalue weighted by atomic mass is 32.2. The third-order valence-corrected chi connectivity index (χ3v) is 17.9. The molecule has 2 atom stereocenters. The van der Waals surface area contributed by atoms with Crippen molar-refractivity contribution in [1.29, 1.82) is 0 Å². The van der Waals surface area contributed by atoms with E-state index in [0.29, 0.717) is 21.3 Å². The number of pyridine rings is 1. The number of rotatable bonds is 13. The molecule has 49 heavy (non-hydrogen) atoms. The number of nitrogens with zero attached hydrogens (tertiary/aromatic N) is 3. The average molecular weight is 698 g/mol. The molecule has 3 heterocycles. The fourth-order valence-electron chi connectivity index (χ4n) is 8.64. The molecule has 5 nitrogen and oxygen atoms in total. The number of benzene rings is 1. The Balaban J connectivity index is 1.06. The van der Waals surface area contributed by atoms with Crippen LogP contribution in [0.1, 0.15) is 76.3 Å². The summed E-state index contributed by atoms with van der Waals surface area (Å²) >= 11 is 0. The first-order chi connectivity index (χ1) is 23.4. The van der Waals surface area contributed by atoms with E-state index in [0.717, 1.165) is 49.5 Å². The van der Waals surface area contributed by atoms with Crippen molar-refractivity contribution in [2.24, 2.45) is 10.8 Å². The molecular formula is C42H59N5S2. The molecule has 3 aromatic rings. The Bertz CT molecular complexity index is 1920. The van der Waals surface area contributed by atoms with Gasteiger partial charge in [-0.3, -0.25) is 4.31 Å². The first kappa shape index (κ1) is 35.8. The Labute approximate surface area is 297 Å². The van der Waals surface area contributed by atoms with Crippen LogP contribution in [-0.2, 0) is 6.54 Å². The zero-order chi connectivity index (χ0) is 34.9. The van der Waals surface area contributed by atoms with Gasteiger partial charge in [-0.05, 0) is 98.2 Å². The van der Waals surface area contributed by atoms with Gasteiger partial charge in [0.25, 0.3) is 0 Å². The third kappa shape index (κ3) is 7.42. The summed E-state index contributed by atoms with van der Waals surface area (Å²) in [6.45, 7) is 13.1. The molecule has 3 aliphatic rings. The van der Waals surface area contributed by atoms with Crippen molar-refractivity contribution in [2.45, 2.75) is 87.2 Å². The first-order valence-corrected chi connectivity index (χ1v) is 22.1. The molecule has 1 aromatic carbocycles. The van der Waals surface area contributed by atoms with Gasteiger partial charge in [-0.25, -0.2) is 14.2 Å². The Morgan fingerprint density at radius 3 is 2.45 bits per heavy atom. The van der Waals surface area contributed by atoms with Gasteiger partial charge in [0.15, 0.2) is 0 Å². The third-order valence-electron chi connectivity index (χ3n) is 12.0. The average Bonchev–Trinajstić information content (AvgIpc) is 3.76. The molecule has 0 radical (unpaired) electrons. The molecule has 2 N–H and O–H groups in total. The van der Waals surface area contributed by atoms with E-state index in [9.17, 15) is 0 Å². The summed E-state index contributed by atoms with van der Waals surface area (Å²) in [5.74, 6) is 19.5. The van der Waals surface area contributed by atoms with Crippen LogP contribution in [0, 0.1) is 10.8 Å². The van der Waals surface area contributed by atoms with Crippen LogP contribution in [0.15, 0.2) is 90.3 Å². The van der Waals surface area contributed by atoms with Gasteiger partial charge in [0, 0.05) is 71.4 Å². The van der Waals surface area contributed by atoms with Gasteiger partial charge in [-0.15, -0.1) is 9.39 Å². The molecule has 6 rings (SSSR count). The predicted octanol–water partition coefficient (Wildman–Crippen LogP) is 8.62. The van der Waals surface area contributed by atoms with Crippen LogP contribution in [0.25, 0.3) is 11.3 Å². The van der Waals surface area contributed by atoms with Crippen LogP contribution in [-0.4, -0.2) is 74.4 Å². The zero-order valence-corrected chi connectivity index (χ0v) is 31.9. The smallest absolute Gasteiger partial charge is 0.136 e. The molecule has 2 aromatic heterocycles. The maximum absolute atomic E-state index is 4.96. The first-order valence-electron chi connectivity index (χ1n) is 18.1. The molecule has 2 unspecified atom stereocenters. The SMILES string of the molecule is C=C(NCc1ccc(S(=C)(=C)N2CCC3(CCC(C)(C(CCC)S(=C)(=C)C4C=CC(CNC)=CC4)CC3)C2)cc1)c1ccc2nccn2c1. The van der Waals surface area contributed by atoms with Crippen molar-refractivity contribution in [3.63, 3.8) is 0 Å². The Kier molecular flexibility index (Phi) is 10.5. The van der Waals surface area contributed by atoms with Gasteiger partial charge < -0.3 is 15.0 Å². The number of likely N-dealkylation sites (N-methyl/N-ethyl adjacent to an activating group) is 1. The summed E-state index contributed by atoms with van der Waals surface area (Å²) in [5.41, 5.74) is 6.19. The lowest BCUT2D eigenvalue weighted by atomic mass is 9.62. The van der Waals surface area contributed by atoms with Crippen LogP contribution >= 0.6 is 18.6 Å². The Morgan fingerprint density at radius 2 is 1.78 bits per heavy atom. The monoisotopic (exact) mass is 697 g/mol. The van der Waals surface area contributed by atoms with Crippen LogP contribution in [0.2, 0.25) is 0 Å². The maximum Gasteiger partial charge on any atom is 0.136 e. The number of hydrogen-bond acceptors (Lipinski definition) is 4. The molecule has 2 aliphatic carbocycles. The highest BCUT2D eigenvalue weighted by Gasteiger charge is 2.48. The lowest BCUT2D eigenvalue weighted by molar-refractivity contribution is 0.0954. The second kappa shape index (κ2) is 14.3. The number of allylic oxidation sites excluding steroid dienone is 1. The van der Waals surface area contributed by atoms with Crippen LogP contribution < -0.4 is 10.6 Å². The van der Waals surface area contributed by atoms with E-state index >= 15 is 0 Å². The minimum Gasteiger partial charge on any atom is -0.381 e. The van der Waals surface area contributed by atoms with Crippen LogP contribution in [0.5, 0.6) is 0 Å². The molecule has 7 heteroatoms. The molecule has 264 valence electrons. The molecule has 1 aliphatic heterocycles. The van der Waals surface area contributed by atoms with Gasteiger partial charge in [-0.1, -0.05) is 80.7 Å². The number of nitrogens with one attached hydrogen (secondary N) is 2.